The minimum atomic E-state index is -0.797. The van der Waals surface area contributed by atoms with Gasteiger partial charge in [-0.25, -0.2) is 4.98 Å². The van der Waals surface area contributed by atoms with Crippen LogP contribution in [0.25, 0.3) is 11.0 Å². The Morgan fingerprint density at radius 2 is 1.96 bits per heavy atom. The number of benzene rings is 1. The molecule has 3 N–H and O–H groups in total. The zero-order valence-corrected chi connectivity index (χ0v) is 13.3. The molecule has 0 bridgehead atoms. The third-order valence-corrected chi connectivity index (χ3v) is 3.85. The number of aliphatic hydroxyl groups is 2. The van der Waals surface area contributed by atoms with Gasteiger partial charge in [0.05, 0.1) is 24.2 Å². The Labute approximate surface area is 134 Å². The van der Waals surface area contributed by atoms with Gasteiger partial charge in [-0.15, -0.1) is 0 Å². The number of fused-ring (bicyclic) bond motifs is 1. The van der Waals surface area contributed by atoms with Gasteiger partial charge in [-0.2, -0.15) is 0 Å². The van der Waals surface area contributed by atoms with E-state index >= 15 is 0 Å². The molecule has 0 aliphatic rings. The lowest BCUT2D eigenvalue weighted by Gasteiger charge is -2.22. The van der Waals surface area contributed by atoms with E-state index in [0.717, 1.165) is 22.5 Å². The minimum Gasteiger partial charge on any atom is -0.481 e. The molecular formula is C16H23N3O4. The van der Waals surface area contributed by atoms with E-state index in [2.05, 4.69) is 4.98 Å². The van der Waals surface area contributed by atoms with Crippen molar-refractivity contribution in [2.45, 2.75) is 19.3 Å². The van der Waals surface area contributed by atoms with Crippen LogP contribution in [0.4, 0.5) is 5.69 Å². The molecule has 126 valence electrons. The molecule has 0 amide bonds. The van der Waals surface area contributed by atoms with Gasteiger partial charge in [0.2, 0.25) is 0 Å². The third kappa shape index (κ3) is 4.20. The molecule has 2 aromatic rings. The fourth-order valence-corrected chi connectivity index (χ4v) is 2.67. The highest BCUT2D eigenvalue weighted by Crippen LogP contribution is 2.23. The first-order valence-corrected chi connectivity index (χ1v) is 7.70. The molecule has 2 rings (SSSR count). The summed E-state index contributed by atoms with van der Waals surface area (Å²) in [4.78, 5) is 17.1. The van der Waals surface area contributed by atoms with Gasteiger partial charge < -0.3 is 24.8 Å². The predicted octanol–water partition coefficient (Wildman–Crippen LogP) is 0.772. The summed E-state index contributed by atoms with van der Waals surface area (Å²) >= 11 is 0. The molecule has 7 nitrogen and oxygen atoms in total. The number of aliphatic hydroxyl groups excluding tert-OH is 2. The van der Waals surface area contributed by atoms with Crippen LogP contribution in [-0.4, -0.2) is 57.1 Å². The number of carboxylic acids is 1. The van der Waals surface area contributed by atoms with Crippen LogP contribution in [0, 0.1) is 0 Å². The van der Waals surface area contributed by atoms with Crippen molar-refractivity contribution in [2.24, 2.45) is 7.05 Å². The van der Waals surface area contributed by atoms with E-state index in [-0.39, 0.29) is 19.6 Å². The van der Waals surface area contributed by atoms with Crippen molar-refractivity contribution in [2.75, 3.05) is 31.2 Å². The van der Waals surface area contributed by atoms with Crippen LogP contribution < -0.4 is 4.90 Å². The van der Waals surface area contributed by atoms with Gasteiger partial charge in [0, 0.05) is 38.7 Å². The van der Waals surface area contributed by atoms with Crippen molar-refractivity contribution in [3.8, 4) is 0 Å². The van der Waals surface area contributed by atoms with E-state index in [1.807, 2.05) is 34.7 Å². The van der Waals surface area contributed by atoms with Crippen LogP contribution in [0.3, 0.4) is 0 Å². The summed E-state index contributed by atoms with van der Waals surface area (Å²) in [6.45, 7) is 0.927. The highest BCUT2D eigenvalue weighted by atomic mass is 16.4. The molecule has 23 heavy (non-hydrogen) atoms. The SMILES string of the molecule is Cn1c(CCCC(=O)O)nc2cc(N(CCO)CCO)ccc21. The van der Waals surface area contributed by atoms with Gasteiger partial charge in [0.25, 0.3) is 0 Å². The van der Waals surface area contributed by atoms with Crippen LogP contribution in [0.5, 0.6) is 0 Å². The molecule has 1 heterocycles. The van der Waals surface area contributed by atoms with Crippen molar-refractivity contribution < 1.29 is 20.1 Å². The Bertz CT molecular complexity index is 663. The van der Waals surface area contributed by atoms with Gasteiger partial charge in [-0.1, -0.05) is 0 Å². The maximum absolute atomic E-state index is 10.6. The van der Waals surface area contributed by atoms with Gasteiger partial charge in [0.1, 0.15) is 5.82 Å². The second-order valence-electron chi connectivity index (χ2n) is 5.44. The number of aliphatic carboxylic acids is 1. The number of carboxylic acid groups (broad SMARTS) is 1. The zero-order valence-electron chi connectivity index (χ0n) is 13.3. The van der Waals surface area contributed by atoms with Crippen molar-refractivity contribution in [1.82, 2.24) is 9.55 Å². The summed E-state index contributed by atoms with van der Waals surface area (Å²) in [5.74, 6) is 0.0592. The number of anilines is 1. The fourth-order valence-electron chi connectivity index (χ4n) is 2.67. The van der Waals surface area contributed by atoms with Crippen LogP contribution in [0.2, 0.25) is 0 Å². The topological polar surface area (TPSA) is 98.8 Å². The highest BCUT2D eigenvalue weighted by Gasteiger charge is 2.11. The Hall–Kier alpha value is -2.12. The number of aryl methyl sites for hydroxylation is 2. The lowest BCUT2D eigenvalue weighted by Crippen LogP contribution is -2.29. The summed E-state index contributed by atoms with van der Waals surface area (Å²) < 4.78 is 1.98. The molecule has 0 spiro atoms. The number of imidazole rings is 1. The fraction of sp³-hybridized carbons (Fsp3) is 0.500. The Kier molecular flexibility index (Phi) is 5.95. The Morgan fingerprint density at radius 1 is 1.26 bits per heavy atom. The lowest BCUT2D eigenvalue weighted by molar-refractivity contribution is -0.137. The average Bonchev–Trinajstić information content (AvgIpc) is 2.83. The average molecular weight is 321 g/mol. The van der Waals surface area contributed by atoms with Crippen LogP contribution in [0.15, 0.2) is 18.2 Å². The summed E-state index contributed by atoms with van der Waals surface area (Å²) in [6.07, 6.45) is 1.31. The standard InChI is InChI=1S/C16H23N3O4/c1-18-14-6-5-12(19(7-9-20)8-10-21)11-13(14)17-15(18)3-2-4-16(22)23/h5-6,11,20-21H,2-4,7-10H2,1H3,(H,22,23). The van der Waals surface area contributed by atoms with Gasteiger partial charge in [0.15, 0.2) is 0 Å². The Balaban J connectivity index is 2.23. The molecule has 0 saturated heterocycles. The molecule has 7 heteroatoms. The number of nitrogens with zero attached hydrogens (tertiary/aromatic N) is 3. The molecule has 1 aromatic heterocycles. The second-order valence-corrected chi connectivity index (χ2v) is 5.44. The Morgan fingerprint density at radius 3 is 2.57 bits per heavy atom. The van der Waals surface area contributed by atoms with Gasteiger partial charge in [-0.05, 0) is 24.6 Å². The van der Waals surface area contributed by atoms with Crippen LogP contribution in [-0.2, 0) is 18.3 Å². The zero-order chi connectivity index (χ0) is 16.8. The summed E-state index contributed by atoms with van der Waals surface area (Å²) in [5, 5.41) is 27.0. The van der Waals surface area contributed by atoms with E-state index in [0.29, 0.717) is 25.9 Å². The molecule has 0 aliphatic carbocycles. The number of hydrogen-bond donors (Lipinski definition) is 3. The predicted molar refractivity (Wildman–Crippen MR) is 87.7 cm³/mol. The smallest absolute Gasteiger partial charge is 0.303 e. The molecule has 0 fully saturated rings. The number of carbonyl (C=O) groups is 1. The maximum atomic E-state index is 10.6. The number of rotatable bonds is 9. The molecule has 0 unspecified atom stereocenters. The number of aromatic nitrogens is 2. The second kappa shape index (κ2) is 7.94. The first-order valence-electron chi connectivity index (χ1n) is 7.70. The largest absolute Gasteiger partial charge is 0.481 e. The lowest BCUT2D eigenvalue weighted by atomic mass is 10.2. The highest BCUT2D eigenvalue weighted by molar-refractivity contribution is 5.80. The van der Waals surface area contributed by atoms with Crippen molar-refractivity contribution in [3.05, 3.63) is 24.0 Å². The maximum Gasteiger partial charge on any atom is 0.303 e. The van der Waals surface area contributed by atoms with Crippen molar-refractivity contribution in [3.63, 3.8) is 0 Å². The van der Waals surface area contributed by atoms with E-state index in [1.54, 1.807) is 0 Å². The van der Waals surface area contributed by atoms with Gasteiger partial charge in [-0.3, -0.25) is 4.79 Å². The quantitative estimate of drug-likeness (QED) is 0.631. The minimum absolute atomic E-state index is 0.0146. The third-order valence-electron chi connectivity index (χ3n) is 3.85. The molecule has 0 aliphatic heterocycles. The molecule has 0 atom stereocenters. The molecule has 0 radical (unpaired) electrons. The van der Waals surface area contributed by atoms with E-state index < -0.39 is 5.97 Å². The summed E-state index contributed by atoms with van der Waals surface area (Å²) in [5.41, 5.74) is 2.71. The summed E-state index contributed by atoms with van der Waals surface area (Å²) in [6, 6.07) is 5.83. The van der Waals surface area contributed by atoms with Gasteiger partial charge >= 0.3 is 5.97 Å². The first-order chi connectivity index (χ1) is 11.1. The van der Waals surface area contributed by atoms with E-state index in [9.17, 15) is 4.79 Å². The van der Waals surface area contributed by atoms with E-state index in [4.69, 9.17) is 15.3 Å². The van der Waals surface area contributed by atoms with Crippen LogP contribution in [0.1, 0.15) is 18.7 Å². The number of hydrogen-bond acceptors (Lipinski definition) is 5. The normalized spacial score (nSPS) is 11.1. The van der Waals surface area contributed by atoms with E-state index in [1.165, 1.54) is 0 Å². The van der Waals surface area contributed by atoms with Crippen LogP contribution >= 0.6 is 0 Å². The van der Waals surface area contributed by atoms with Crippen molar-refractivity contribution >= 4 is 22.7 Å². The molecule has 0 saturated carbocycles. The monoisotopic (exact) mass is 321 g/mol. The molecular weight excluding hydrogens is 298 g/mol. The van der Waals surface area contributed by atoms with Crippen molar-refractivity contribution in [1.29, 1.82) is 0 Å². The molecule has 1 aromatic carbocycles. The first kappa shape index (κ1) is 17.2. The summed E-state index contributed by atoms with van der Waals surface area (Å²) in [7, 11) is 1.92.